The Morgan fingerprint density at radius 1 is 1.12 bits per heavy atom. The van der Waals surface area contributed by atoms with Crippen LogP contribution in [0.5, 0.6) is 0 Å². The lowest BCUT2D eigenvalue weighted by atomic mass is 9.48. The molecule has 4 aliphatic carbocycles. The van der Waals surface area contributed by atoms with Crippen molar-refractivity contribution in [2.24, 2.45) is 23.2 Å². The molecule has 0 N–H and O–H groups in total. The zero-order chi connectivity index (χ0) is 12.0. The standard InChI is InChI=1S/C15H22N2/c1-17(2)10-14(9-16)15-6-11-3-12(7-15)5-13(4-11)8-15/h10-13H,3-8H2,1-2H3/b14-10+. The summed E-state index contributed by atoms with van der Waals surface area (Å²) in [7, 11) is 4.05. The second kappa shape index (κ2) is 3.77. The van der Waals surface area contributed by atoms with Gasteiger partial charge in [-0.25, -0.2) is 0 Å². The van der Waals surface area contributed by atoms with Crippen molar-refractivity contribution in [2.45, 2.75) is 38.5 Å². The minimum absolute atomic E-state index is 0.258. The maximum atomic E-state index is 9.49. The summed E-state index contributed by atoms with van der Waals surface area (Å²) in [5, 5.41) is 9.49. The molecule has 0 aromatic heterocycles. The summed E-state index contributed by atoms with van der Waals surface area (Å²) in [6.45, 7) is 0. The van der Waals surface area contributed by atoms with Crippen molar-refractivity contribution in [3.8, 4) is 6.07 Å². The fourth-order valence-electron chi connectivity index (χ4n) is 4.98. The van der Waals surface area contributed by atoms with Gasteiger partial charge in [-0.2, -0.15) is 5.26 Å². The highest BCUT2D eigenvalue weighted by Gasteiger charge is 2.52. The van der Waals surface area contributed by atoms with Crippen molar-refractivity contribution < 1.29 is 0 Å². The van der Waals surface area contributed by atoms with E-state index in [0.717, 1.165) is 23.3 Å². The SMILES string of the molecule is CN(C)/C=C(\C#N)C12CC3CC(CC(C3)C1)C2. The number of nitrogens with zero attached hydrogens (tertiary/aromatic N) is 2. The van der Waals surface area contributed by atoms with Crippen LogP contribution in [0.3, 0.4) is 0 Å². The normalized spacial score (nSPS) is 43.6. The molecule has 0 saturated heterocycles. The lowest BCUT2D eigenvalue weighted by molar-refractivity contribution is -0.0286. The molecule has 2 heteroatoms. The summed E-state index contributed by atoms with van der Waals surface area (Å²) in [4.78, 5) is 2.04. The Morgan fingerprint density at radius 3 is 1.94 bits per heavy atom. The van der Waals surface area contributed by atoms with E-state index in [-0.39, 0.29) is 5.41 Å². The van der Waals surface area contributed by atoms with Crippen LogP contribution in [0, 0.1) is 34.5 Å². The topological polar surface area (TPSA) is 27.0 Å². The van der Waals surface area contributed by atoms with E-state index in [9.17, 15) is 5.26 Å². The predicted octanol–water partition coefficient (Wildman–Crippen LogP) is 3.17. The fourth-order valence-corrected chi connectivity index (χ4v) is 4.98. The predicted molar refractivity (Wildman–Crippen MR) is 68.0 cm³/mol. The molecule has 17 heavy (non-hydrogen) atoms. The minimum atomic E-state index is 0.258. The van der Waals surface area contributed by atoms with Crippen molar-refractivity contribution in [1.82, 2.24) is 4.90 Å². The summed E-state index contributed by atoms with van der Waals surface area (Å²) >= 11 is 0. The smallest absolute Gasteiger partial charge is 0.0968 e. The van der Waals surface area contributed by atoms with Crippen molar-refractivity contribution in [3.05, 3.63) is 11.8 Å². The third-order valence-electron chi connectivity index (χ3n) is 5.12. The Labute approximate surface area is 104 Å². The third-order valence-corrected chi connectivity index (χ3v) is 5.12. The van der Waals surface area contributed by atoms with Gasteiger partial charge in [0.2, 0.25) is 0 Å². The average Bonchev–Trinajstić information content (AvgIpc) is 2.23. The first kappa shape index (κ1) is 11.1. The average molecular weight is 230 g/mol. The molecular formula is C15H22N2. The molecule has 0 heterocycles. The van der Waals surface area contributed by atoms with Gasteiger partial charge >= 0.3 is 0 Å². The van der Waals surface area contributed by atoms with E-state index in [2.05, 4.69) is 12.3 Å². The van der Waals surface area contributed by atoms with E-state index in [1.165, 1.54) is 38.5 Å². The van der Waals surface area contributed by atoms with E-state index < -0.39 is 0 Å². The molecule has 4 aliphatic rings. The maximum absolute atomic E-state index is 9.49. The van der Waals surface area contributed by atoms with Crippen molar-refractivity contribution in [1.29, 1.82) is 5.26 Å². The minimum Gasteiger partial charge on any atom is -0.383 e. The Morgan fingerprint density at radius 2 is 1.59 bits per heavy atom. The van der Waals surface area contributed by atoms with E-state index in [4.69, 9.17) is 0 Å². The maximum Gasteiger partial charge on any atom is 0.0968 e. The van der Waals surface area contributed by atoms with Gasteiger partial charge in [0.15, 0.2) is 0 Å². The summed E-state index contributed by atoms with van der Waals surface area (Å²) in [5.74, 6) is 2.75. The van der Waals surface area contributed by atoms with Crippen LogP contribution in [0.2, 0.25) is 0 Å². The number of nitriles is 1. The second-order valence-electron chi connectivity index (χ2n) is 6.82. The monoisotopic (exact) mass is 230 g/mol. The molecular weight excluding hydrogens is 208 g/mol. The first-order chi connectivity index (χ1) is 8.11. The second-order valence-corrected chi connectivity index (χ2v) is 6.82. The van der Waals surface area contributed by atoms with Gasteiger partial charge in [0.1, 0.15) is 0 Å². The summed E-state index contributed by atoms with van der Waals surface area (Å²) in [5.41, 5.74) is 1.31. The molecule has 0 unspecified atom stereocenters. The highest BCUT2D eigenvalue weighted by molar-refractivity contribution is 5.31. The lowest BCUT2D eigenvalue weighted by Gasteiger charge is -2.56. The highest BCUT2D eigenvalue weighted by Crippen LogP contribution is 2.62. The summed E-state index contributed by atoms with van der Waals surface area (Å²) in [6, 6.07) is 2.51. The largest absolute Gasteiger partial charge is 0.383 e. The van der Waals surface area contributed by atoms with Crippen LogP contribution in [0.1, 0.15) is 38.5 Å². The van der Waals surface area contributed by atoms with Gasteiger partial charge in [-0.1, -0.05) is 0 Å². The van der Waals surface area contributed by atoms with Gasteiger partial charge < -0.3 is 4.90 Å². The zero-order valence-electron chi connectivity index (χ0n) is 10.9. The first-order valence-electron chi connectivity index (χ1n) is 6.90. The van der Waals surface area contributed by atoms with Gasteiger partial charge in [0.25, 0.3) is 0 Å². The van der Waals surface area contributed by atoms with Gasteiger partial charge in [-0.05, 0) is 56.3 Å². The Kier molecular flexibility index (Phi) is 2.47. The van der Waals surface area contributed by atoms with Crippen LogP contribution in [0.25, 0.3) is 0 Å². The Balaban J connectivity index is 1.93. The van der Waals surface area contributed by atoms with Crippen LogP contribution in [0.4, 0.5) is 0 Å². The molecule has 4 fully saturated rings. The van der Waals surface area contributed by atoms with E-state index in [0.29, 0.717) is 0 Å². The quantitative estimate of drug-likeness (QED) is 0.681. The molecule has 0 aromatic carbocycles. The Bertz CT molecular complexity index is 351. The van der Waals surface area contributed by atoms with Gasteiger partial charge in [-0.3, -0.25) is 0 Å². The number of rotatable bonds is 2. The molecule has 4 saturated carbocycles. The van der Waals surface area contributed by atoms with Crippen LogP contribution < -0.4 is 0 Å². The van der Waals surface area contributed by atoms with Crippen molar-refractivity contribution >= 4 is 0 Å². The third kappa shape index (κ3) is 1.76. The van der Waals surface area contributed by atoms with Gasteiger partial charge in [-0.15, -0.1) is 0 Å². The highest BCUT2D eigenvalue weighted by atomic mass is 15.0. The zero-order valence-corrected chi connectivity index (χ0v) is 10.9. The van der Waals surface area contributed by atoms with E-state index in [1.54, 1.807) is 0 Å². The van der Waals surface area contributed by atoms with Crippen molar-refractivity contribution in [3.63, 3.8) is 0 Å². The molecule has 0 atom stereocenters. The molecule has 0 radical (unpaired) electrons. The van der Waals surface area contributed by atoms with Crippen LogP contribution >= 0.6 is 0 Å². The molecule has 4 rings (SSSR count). The van der Waals surface area contributed by atoms with Crippen LogP contribution in [0.15, 0.2) is 11.8 Å². The molecule has 0 amide bonds. The molecule has 0 aromatic rings. The molecule has 92 valence electrons. The van der Waals surface area contributed by atoms with Gasteiger partial charge in [0, 0.05) is 25.7 Å². The van der Waals surface area contributed by atoms with Gasteiger partial charge in [0.05, 0.1) is 11.6 Å². The van der Waals surface area contributed by atoms with E-state index in [1.807, 2.05) is 19.0 Å². The van der Waals surface area contributed by atoms with Crippen LogP contribution in [-0.2, 0) is 0 Å². The molecule has 0 spiro atoms. The molecule has 0 aliphatic heterocycles. The summed E-state index contributed by atoms with van der Waals surface area (Å²) in [6.07, 6.45) is 10.3. The Hall–Kier alpha value is -0.970. The number of hydrogen-bond acceptors (Lipinski definition) is 2. The summed E-state index contributed by atoms with van der Waals surface area (Å²) < 4.78 is 0. The van der Waals surface area contributed by atoms with Crippen LogP contribution in [-0.4, -0.2) is 19.0 Å². The number of allylic oxidation sites excluding steroid dienone is 1. The molecule has 4 bridgehead atoms. The lowest BCUT2D eigenvalue weighted by Crippen LogP contribution is -2.47. The first-order valence-corrected chi connectivity index (χ1v) is 6.90. The fraction of sp³-hybridized carbons (Fsp3) is 0.800. The number of hydrogen-bond donors (Lipinski definition) is 0. The molecule has 2 nitrogen and oxygen atoms in total. The van der Waals surface area contributed by atoms with E-state index >= 15 is 0 Å². The van der Waals surface area contributed by atoms with Crippen molar-refractivity contribution in [2.75, 3.05) is 14.1 Å².